The second kappa shape index (κ2) is 12.1. The van der Waals surface area contributed by atoms with Crippen LogP contribution < -0.4 is 0 Å². The molecule has 1 unspecified atom stereocenters. The molecule has 0 aromatic carbocycles. The van der Waals surface area contributed by atoms with Crippen LogP contribution in [0.4, 0.5) is 0 Å². The molecule has 0 saturated heterocycles. The number of aliphatic hydroxyl groups is 3. The Balaban J connectivity index is 1.75. The lowest BCUT2D eigenvalue weighted by molar-refractivity contribution is -0.295. The third kappa shape index (κ3) is 4.97. The highest BCUT2D eigenvalue weighted by Crippen LogP contribution is 2.76. The van der Waals surface area contributed by atoms with Crippen LogP contribution in [0.5, 0.6) is 0 Å². The number of fused-ring (bicyclic) bond motifs is 7. The summed E-state index contributed by atoms with van der Waals surface area (Å²) in [5.41, 5.74) is -2.78. The largest absolute Gasteiger partial charge is 0.459 e. The smallest absolute Gasteiger partial charge is 0.309 e. The van der Waals surface area contributed by atoms with Crippen LogP contribution in [0.2, 0.25) is 0 Å². The van der Waals surface area contributed by atoms with Crippen molar-refractivity contribution in [2.75, 3.05) is 6.61 Å². The first-order chi connectivity index (χ1) is 22.1. The highest BCUT2D eigenvalue weighted by Gasteiger charge is 2.77. The number of carbonyl (C=O) groups is 3. The molecular formula is C39H62O9. The molecule has 0 bridgehead atoms. The Bertz CT molecular complexity index is 1340. The average Bonchev–Trinajstić information content (AvgIpc) is 2.99. The van der Waals surface area contributed by atoms with Gasteiger partial charge in [-0.3, -0.25) is 14.4 Å². The van der Waals surface area contributed by atoms with Gasteiger partial charge in [-0.15, -0.1) is 0 Å². The highest BCUT2D eigenvalue weighted by atomic mass is 16.6. The Morgan fingerprint density at radius 2 is 1.48 bits per heavy atom. The number of esters is 3. The zero-order valence-electron chi connectivity index (χ0n) is 31.2. The molecule has 9 heteroatoms. The number of rotatable bonds is 6. The molecule has 272 valence electrons. The highest BCUT2D eigenvalue weighted by molar-refractivity contribution is 5.72. The van der Waals surface area contributed by atoms with Crippen molar-refractivity contribution in [1.29, 1.82) is 0 Å². The fraction of sp³-hybridized carbons (Fsp3) is 0.872. The lowest BCUT2D eigenvalue weighted by atomic mass is 9.32. The minimum Gasteiger partial charge on any atom is -0.459 e. The second-order valence-electron chi connectivity index (χ2n) is 18.2. The molecule has 4 fully saturated rings. The van der Waals surface area contributed by atoms with Gasteiger partial charge in [0.25, 0.3) is 0 Å². The number of allylic oxidation sites excluding steroid dienone is 1. The van der Waals surface area contributed by atoms with Crippen molar-refractivity contribution in [2.45, 2.75) is 152 Å². The zero-order valence-corrected chi connectivity index (χ0v) is 31.2. The molecule has 0 amide bonds. The maximum atomic E-state index is 13.6. The van der Waals surface area contributed by atoms with Gasteiger partial charge in [-0.25, -0.2) is 0 Å². The standard InChI is InChI=1S/C39H62O9/c1-12-21(2)33(45)48-32-31(47-23(4)42)34(5,6)19-25-24-13-14-27-36(9)17-16-28(43)35(7,8)26(36)15-18-37(27,10)38(24,11)30(46-22(3)41)29(44)39(25,32)20-40/h13,21,25-32,40,43-44H,12,14-20H2,1-11H3/t21?,25-,26-,27+,28-,29+,30-,31-,32-,36-,37+,38-,39-/m0/s1. The molecule has 5 rings (SSSR count). The maximum Gasteiger partial charge on any atom is 0.309 e. The predicted molar refractivity (Wildman–Crippen MR) is 180 cm³/mol. The van der Waals surface area contributed by atoms with Crippen molar-refractivity contribution >= 4 is 17.9 Å². The molecule has 0 aliphatic heterocycles. The Labute approximate surface area is 287 Å². The van der Waals surface area contributed by atoms with Crippen molar-refractivity contribution in [3.8, 4) is 0 Å². The van der Waals surface area contributed by atoms with E-state index in [0.717, 1.165) is 37.7 Å². The van der Waals surface area contributed by atoms with E-state index >= 15 is 0 Å². The fourth-order valence-corrected chi connectivity index (χ4v) is 12.2. The normalized spacial score (nSPS) is 46.3. The SMILES string of the molecule is CCC(C)C(=O)O[C@H]1[C@H](OC(C)=O)C(C)(C)C[C@H]2C3=CC[C@@H]4[C@@]5(C)CC[C@H](O)C(C)(C)[C@@H]5CC[C@@]4(C)[C@]3(C)[C@@H](OC(C)=O)[C@@H](O)[C@]21CO. The van der Waals surface area contributed by atoms with Gasteiger partial charge in [0.05, 0.1) is 24.0 Å². The van der Waals surface area contributed by atoms with Gasteiger partial charge in [-0.1, -0.05) is 74.0 Å². The van der Waals surface area contributed by atoms with Crippen LogP contribution in [-0.4, -0.2) is 70.4 Å². The third-order valence-electron chi connectivity index (χ3n) is 15.2. The van der Waals surface area contributed by atoms with E-state index in [0.29, 0.717) is 18.8 Å². The molecule has 4 saturated carbocycles. The average molecular weight is 675 g/mol. The molecule has 9 nitrogen and oxygen atoms in total. The molecule has 0 aromatic heterocycles. The quantitative estimate of drug-likeness (QED) is 0.182. The number of carbonyl (C=O) groups excluding carboxylic acids is 3. The van der Waals surface area contributed by atoms with Gasteiger partial charge in [0, 0.05) is 24.7 Å². The van der Waals surface area contributed by atoms with Crippen LogP contribution in [-0.2, 0) is 28.6 Å². The number of hydrogen-bond donors (Lipinski definition) is 3. The molecule has 5 aliphatic rings. The van der Waals surface area contributed by atoms with Crippen LogP contribution >= 0.6 is 0 Å². The molecule has 0 spiro atoms. The van der Waals surface area contributed by atoms with Gasteiger partial charge in [0.2, 0.25) is 0 Å². The van der Waals surface area contributed by atoms with Crippen LogP contribution in [0.3, 0.4) is 0 Å². The van der Waals surface area contributed by atoms with E-state index in [1.54, 1.807) is 6.92 Å². The summed E-state index contributed by atoms with van der Waals surface area (Å²) in [6.45, 7) is 20.9. The van der Waals surface area contributed by atoms with Crippen molar-refractivity contribution in [3.63, 3.8) is 0 Å². The van der Waals surface area contributed by atoms with Crippen LogP contribution in [0.1, 0.15) is 121 Å². The number of ether oxygens (including phenoxy) is 3. The monoisotopic (exact) mass is 674 g/mol. The molecule has 5 aliphatic carbocycles. The Morgan fingerprint density at radius 3 is 2.04 bits per heavy atom. The lowest BCUT2D eigenvalue weighted by Crippen LogP contribution is -2.77. The van der Waals surface area contributed by atoms with Crippen LogP contribution in [0.15, 0.2) is 11.6 Å². The van der Waals surface area contributed by atoms with Crippen LogP contribution in [0.25, 0.3) is 0 Å². The van der Waals surface area contributed by atoms with E-state index in [4.69, 9.17) is 14.2 Å². The summed E-state index contributed by atoms with van der Waals surface area (Å²) in [5.74, 6) is -2.02. The van der Waals surface area contributed by atoms with Crippen molar-refractivity contribution in [3.05, 3.63) is 11.6 Å². The molecule has 0 heterocycles. The summed E-state index contributed by atoms with van der Waals surface area (Å²) in [7, 11) is 0. The van der Waals surface area contributed by atoms with Gasteiger partial charge in [-0.2, -0.15) is 0 Å². The molecule has 3 N–H and O–H groups in total. The predicted octanol–water partition coefficient (Wildman–Crippen LogP) is 5.76. The fourth-order valence-electron chi connectivity index (χ4n) is 12.2. The van der Waals surface area contributed by atoms with Gasteiger partial charge in [0.15, 0.2) is 6.10 Å². The molecule has 0 aromatic rings. The van der Waals surface area contributed by atoms with Crippen molar-refractivity contribution < 1.29 is 43.9 Å². The Morgan fingerprint density at radius 1 is 0.875 bits per heavy atom. The van der Waals surface area contributed by atoms with E-state index in [9.17, 15) is 29.7 Å². The minimum atomic E-state index is -1.51. The summed E-state index contributed by atoms with van der Waals surface area (Å²) in [5, 5.41) is 35.5. The maximum absolute atomic E-state index is 13.6. The summed E-state index contributed by atoms with van der Waals surface area (Å²) < 4.78 is 18.5. The van der Waals surface area contributed by atoms with E-state index in [1.165, 1.54) is 13.8 Å². The first-order valence-electron chi connectivity index (χ1n) is 18.3. The Hall–Kier alpha value is -1.97. The molecular weight excluding hydrogens is 612 g/mol. The van der Waals surface area contributed by atoms with Crippen molar-refractivity contribution in [1.82, 2.24) is 0 Å². The lowest BCUT2D eigenvalue weighted by Gasteiger charge is -2.73. The second-order valence-corrected chi connectivity index (χ2v) is 18.2. The molecule has 48 heavy (non-hydrogen) atoms. The first-order valence-corrected chi connectivity index (χ1v) is 18.3. The van der Waals surface area contributed by atoms with Gasteiger partial charge >= 0.3 is 17.9 Å². The number of aliphatic hydroxyl groups excluding tert-OH is 3. The molecule has 13 atom stereocenters. The van der Waals surface area contributed by atoms with Gasteiger partial charge in [0.1, 0.15) is 18.3 Å². The van der Waals surface area contributed by atoms with E-state index < -0.39 is 82.4 Å². The minimum absolute atomic E-state index is 0.0986. The van der Waals surface area contributed by atoms with Crippen LogP contribution in [0, 0.1) is 56.2 Å². The zero-order chi connectivity index (χ0) is 36.0. The Kier molecular flexibility index (Phi) is 9.38. The van der Waals surface area contributed by atoms with E-state index in [2.05, 4.69) is 40.7 Å². The number of hydrogen-bond acceptors (Lipinski definition) is 9. The van der Waals surface area contributed by atoms with E-state index in [-0.39, 0.29) is 22.9 Å². The summed E-state index contributed by atoms with van der Waals surface area (Å²) in [6.07, 6.45) is 2.33. The summed E-state index contributed by atoms with van der Waals surface area (Å²) in [4.78, 5) is 39.1. The topological polar surface area (TPSA) is 140 Å². The molecule has 0 radical (unpaired) electrons. The third-order valence-corrected chi connectivity index (χ3v) is 15.2. The van der Waals surface area contributed by atoms with Crippen molar-refractivity contribution in [2.24, 2.45) is 56.2 Å². The van der Waals surface area contributed by atoms with E-state index in [1.807, 2.05) is 20.8 Å². The van der Waals surface area contributed by atoms with Gasteiger partial charge in [-0.05, 0) is 78.9 Å². The summed E-state index contributed by atoms with van der Waals surface area (Å²) >= 11 is 0. The van der Waals surface area contributed by atoms with Gasteiger partial charge < -0.3 is 29.5 Å². The first kappa shape index (κ1) is 37.3. The summed E-state index contributed by atoms with van der Waals surface area (Å²) in [6, 6.07) is 0.